The normalized spacial score (nSPS) is 24.0. The molecule has 0 spiro atoms. The Morgan fingerprint density at radius 3 is 2.95 bits per heavy atom. The Bertz CT molecular complexity index is 506. The highest BCUT2D eigenvalue weighted by Gasteiger charge is 2.25. The van der Waals surface area contributed by atoms with E-state index >= 15 is 0 Å². The second-order valence-corrected chi connectivity index (χ2v) is 6.33. The summed E-state index contributed by atoms with van der Waals surface area (Å²) in [4.78, 5) is 6.76. The number of hydrogen-bond donors (Lipinski definition) is 1. The topological polar surface area (TPSA) is 54.7 Å². The molecule has 1 aromatic heterocycles. The third kappa shape index (κ3) is 3.61. The van der Waals surface area contributed by atoms with Crippen molar-refractivity contribution in [2.45, 2.75) is 31.8 Å². The van der Waals surface area contributed by atoms with Crippen LogP contribution in [-0.4, -0.2) is 53.9 Å². The smallest absolute Gasteiger partial charge is 0.193 e. The SMILES string of the molecule is CN=C(NCC1CCCC1)N1CCOC(c2cnn(C)c2)C1. The van der Waals surface area contributed by atoms with E-state index in [4.69, 9.17) is 4.74 Å². The molecule has 2 heterocycles. The van der Waals surface area contributed by atoms with Crippen molar-refractivity contribution in [2.24, 2.45) is 18.0 Å². The van der Waals surface area contributed by atoms with Gasteiger partial charge in [-0.25, -0.2) is 0 Å². The number of hydrogen-bond acceptors (Lipinski definition) is 3. The molecule has 2 fully saturated rings. The van der Waals surface area contributed by atoms with E-state index in [-0.39, 0.29) is 6.10 Å². The summed E-state index contributed by atoms with van der Waals surface area (Å²) < 4.78 is 7.73. The van der Waals surface area contributed by atoms with Gasteiger partial charge in [0.2, 0.25) is 0 Å². The molecule has 1 N–H and O–H groups in total. The molecular formula is C16H27N5O. The average Bonchev–Trinajstić information content (AvgIpc) is 3.20. The van der Waals surface area contributed by atoms with Gasteiger partial charge in [-0.1, -0.05) is 12.8 Å². The first-order valence-electron chi connectivity index (χ1n) is 8.32. The van der Waals surface area contributed by atoms with Gasteiger partial charge in [-0.15, -0.1) is 0 Å². The molecule has 1 saturated carbocycles. The summed E-state index contributed by atoms with van der Waals surface area (Å²) in [6.07, 6.45) is 9.47. The van der Waals surface area contributed by atoms with E-state index in [2.05, 4.69) is 20.3 Å². The van der Waals surface area contributed by atoms with Crippen LogP contribution in [0.1, 0.15) is 37.4 Å². The summed E-state index contributed by atoms with van der Waals surface area (Å²) in [6.45, 7) is 3.49. The van der Waals surface area contributed by atoms with Crippen molar-refractivity contribution in [2.75, 3.05) is 33.3 Å². The lowest BCUT2D eigenvalue weighted by molar-refractivity contribution is -0.00807. The van der Waals surface area contributed by atoms with Crippen LogP contribution in [0.5, 0.6) is 0 Å². The van der Waals surface area contributed by atoms with Gasteiger partial charge in [0.05, 0.1) is 19.3 Å². The summed E-state index contributed by atoms with van der Waals surface area (Å²) in [5, 5.41) is 7.80. The quantitative estimate of drug-likeness (QED) is 0.680. The predicted octanol–water partition coefficient (Wildman–Crippen LogP) is 1.56. The fourth-order valence-electron chi connectivity index (χ4n) is 3.43. The number of aromatic nitrogens is 2. The van der Waals surface area contributed by atoms with Crippen LogP contribution in [0.2, 0.25) is 0 Å². The lowest BCUT2D eigenvalue weighted by Crippen LogP contribution is -2.49. The number of nitrogens with one attached hydrogen (secondary N) is 1. The Hall–Kier alpha value is -1.56. The molecular weight excluding hydrogens is 278 g/mol. The van der Waals surface area contributed by atoms with Crippen molar-refractivity contribution < 1.29 is 4.74 Å². The number of rotatable bonds is 3. The first-order valence-corrected chi connectivity index (χ1v) is 8.32. The zero-order valence-electron chi connectivity index (χ0n) is 13.7. The maximum Gasteiger partial charge on any atom is 0.193 e. The third-order valence-electron chi connectivity index (χ3n) is 4.70. The van der Waals surface area contributed by atoms with Crippen LogP contribution in [0.15, 0.2) is 17.4 Å². The van der Waals surface area contributed by atoms with Crippen LogP contribution >= 0.6 is 0 Å². The zero-order valence-corrected chi connectivity index (χ0v) is 13.7. The fraction of sp³-hybridized carbons (Fsp3) is 0.750. The van der Waals surface area contributed by atoms with Crippen molar-refractivity contribution >= 4 is 5.96 Å². The Morgan fingerprint density at radius 2 is 2.27 bits per heavy atom. The van der Waals surface area contributed by atoms with Gasteiger partial charge in [-0.2, -0.15) is 5.10 Å². The molecule has 0 amide bonds. The molecule has 1 aliphatic heterocycles. The van der Waals surface area contributed by atoms with Gasteiger partial charge < -0.3 is 15.0 Å². The summed E-state index contributed by atoms with van der Waals surface area (Å²) in [6, 6.07) is 0. The Kier molecular flexibility index (Phi) is 4.97. The van der Waals surface area contributed by atoms with Crippen molar-refractivity contribution in [1.29, 1.82) is 0 Å². The third-order valence-corrected chi connectivity index (χ3v) is 4.70. The van der Waals surface area contributed by atoms with E-state index < -0.39 is 0 Å². The molecule has 2 aliphatic rings. The molecule has 0 aromatic carbocycles. The Balaban J connectivity index is 1.57. The molecule has 1 unspecified atom stereocenters. The largest absolute Gasteiger partial charge is 0.370 e. The maximum absolute atomic E-state index is 5.90. The molecule has 122 valence electrons. The van der Waals surface area contributed by atoms with Crippen molar-refractivity contribution in [3.8, 4) is 0 Å². The van der Waals surface area contributed by atoms with Gasteiger partial charge in [-0.05, 0) is 18.8 Å². The summed E-state index contributed by atoms with van der Waals surface area (Å²) in [7, 11) is 3.80. The Labute approximate surface area is 132 Å². The Morgan fingerprint density at radius 1 is 1.45 bits per heavy atom. The van der Waals surface area contributed by atoms with E-state index in [1.807, 2.05) is 31.2 Å². The molecule has 22 heavy (non-hydrogen) atoms. The van der Waals surface area contributed by atoms with Crippen LogP contribution in [0.25, 0.3) is 0 Å². The standard InChI is InChI=1S/C16H27N5O/c1-17-16(18-9-13-5-3-4-6-13)21-7-8-22-15(12-21)14-10-19-20(2)11-14/h10-11,13,15H,3-9,12H2,1-2H3,(H,17,18). The second-order valence-electron chi connectivity index (χ2n) is 6.33. The van der Waals surface area contributed by atoms with Crippen LogP contribution in [-0.2, 0) is 11.8 Å². The van der Waals surface area contributed by atoms with Gasteiger partial charge in [0.25, 0.3) is 0 Å². The number of aliphatic imine (C=N–C) groups is 1. The van der Waals surface area contributed by atoms with Gasteiger partial charge in [0.1, 0.15) is 6.10 Å². The molecule has 3 rings (SSSR count). The van der Waals surface area contributed by atoms with Gasteiger partial charge in [0.15, 0.2) is 5.96 Å². The van der Waals surface area contributed by atoms with Crippen molar-refractivity contribution in [1.82, 2.24) is 20.0 Å². The number of ether oxygens (including phenoxy) is 1. The summed E-state index contributed by atoms with van der Waals surface area (Å²) in [5.74, 6) is 1.82. The number of aryl methyl sites for hydroxylation is 1. The number of morpholine rings is 1. The highest BCUT2D eigenvalue weighted by atomic mass is 16.5. The molecule has 0 radical (unpaired) electrons. The van der Waals surface area contributed by atoms with Crippen LogP contribution < -0.4 is 5.32 Å². The number of nitrogens with zero attached hydrogens (tertiary/aromatic N) is 4. The highest BCUT2D eigenvalue weighted by Crippen LogP contribution is 2.24. The van der Waals surface area contributed by atoms with Crippen LogP contribution in [0.4, 0.5) is 0 Å². The lowest BCUT2D eigenvalue weighted by Gasteiger charge is -2.35. The molecule has 6 heteroatoms. The van der Waals surface area contributed by atoms with Gasteiger partial charge >= 0.3 is 0 Å². The first-order chi connectivity index (χ1) is 10.8. The maximum atomic E-state index is 5.90. The number of guanidine groups is 1. The minimum absolute atomic E-state index is 0.0764. The van der Waals surface area contributed by atoms with Crippen molar-refractivity contribution in [3.63, 3.8) is 0 Å². The minimum atomic E-state index is 0.0764. The predicted molar refractivity (Wildman–Crippen MR) is 86.8 cm³/mol. The van der Waals surface area contributed by atoms with Crippen molar-refractivity contribution in [3.05, 3.63) is 18.0 Å². The molecule has 6 nitrogen and oxygen atoms in total. The molecule has 1 atom stereocenters. The molecule has 0 bridgehead atoms. The summed E-state index contributed by atoms with van der Waals surface area (Å²) >= 11 is 0. The average molecular weight is 305 g/mol. The zero-order chi connectivity index (χ0) is 15.4. The fourth-order valence-corrected chi connectivity index (χ4v) is 3.43. The second kappa shape index (κ2) is 7.13. The van der Waals surface area contributed by atoms with Crippen LogP contribution in [0.3, 0.4) is 0 Å². The van der Waals surface area contributed by atoms with E-state index in [9.17, 15) is 0 Å². The van der Waals surface area contributed by atoms with Crippen LogP contribution in [0, 0.1) is 5.92 Å². The lowest BCUT2D eigenvalue weighted by atomic mass is 10.1. The molecule has 1 aromatic rings. The molecule has 1 aliphatic carbocycles. The molecule has 1 saturated heterocycles. The summed E-state index contributed by atoms with van der Waals surface area (Å²) in [5.41, 5.74) is 1.14. The van der Waals surface area contributed by atoms with E-state index in [0.29, 0.717) is 0 Å². The minimum Gasteiger partial charge on any atom is -0.370 e. The monoisotopic (exact) mass is 305 g/mol. The first kappa shape index (κ1) is 15.3. The van der Waals surface area contributed by atoms with E-state index in [1.165, 1.54) is 25.7 Å². The highest BCUT2D eigenvalue weighted by molar-refractivity contribution is 5.80. The van der Waals surface area contributed by atoms with E-state index in [0.717, 1.165) is 43.7 Å². The van der Waals surface area contributed by atoms with Gasteiger partial charge in [-0.3, -0.25) is 9.67 Å². The van der Waals surface area contributed by atoms with E-state index in [1.54, 1.807) is 0 Å². The van der Waals surface area contributed by atoms with Gasteiger partial charge in [0, 0.05) is 38.9 Å².